The van der Waals surface area contributed by atoms with E-state index >= 15 is 0 Å². The van der Waals surface area contributed by atoms with Crippen LogP contribution in [0.5, 0.6) is 0 Å². The zero-order valence-corrected chi connectivity index (χ0v) is 10.0. The Morgan fingerprint density at radius 3 is 2.73 bits per heavy atom. The fourth-order valence-corrected chi connectivity index (χ4v) is 2.74. The first kappa shape index (κ1) is 12.4. The summed E-state index contributed by atoms with van der Waals surface area (Å²) in [4.78, 5) is 22.7. The van der Waals surface area contributed by atoms with Gasteiger partial charge in [0.25, 0.3) is 0 Å². The summed E-state index contributed by atoms with van der Waals surface area (Å²) in [7, 11) is 0. The summed E-state index contributed by atoms with van der Waals surface area (Å²) < 4.78 is 9.54. The quantitative estimate of drug-likeness (QED) is 0.695. The van der Waals surface area contributed by atoms with E-state index in [1.807, 2.05) is 13.8 Å². The molecule has 1 rings (SSSR count). The van der Waals surface area contributed by atoms with Gasteiger partial charge in [0.05, 0.1) is 11.9 Å². The van der Waals surface area contributed by atoms with E-state index in [0.29, 0.717) is 5.75 Å². The highest BCUT2D eigenvalue weighted by Crippen LogP contribution is 2.30. The van der Waals surface area contributed by atoms with Crippen molar-refractivity contribution in [1.29, 1.82) is 0 Å². The first-order valence-corrected chi connectivity index (χ1v) is 6.09. The third kappa shape index (κ3) is 3.12. The van der Waals surface area contributed by atoms with Crippen LogP contribution in [0.15, 0.2) is 0 Å². The van der Waals surface area contributed by atoms with Crippen molar-refractivity contribution in [3.05, 3.63) is 0 Å². The molecule has 86 valence electrons. The molecule has 1 aliphatic rings. The number of hydrogen-bond acceptors (Lipinski definition) is 5. The normalized spacial score (nSPS) is 25.7. The molecule has 4 nitrogen and oxygen atoms in total. The largest absolute Gasteiger partial charge is 0.509 e. The van der Waals surface area contributed by atoms with Gasteiger partial charge < -0.3 is 9.47 Å². The number of carbonyl (C=O) groups is 2. The highest BCUT2D eigenvalue weighted by atomic mass is 32.2. The van der Waals surface area contributed by atoms with Gasteiger partial charge in [-0.1, -0.05) is 13.8 Å². The highest BCUT2D eigenvalue weighted by Gasteiger charge is 2.39. The summed E-state index contributed by atoms with van der Waals surface area (Å²) >= 11 is 1.54. The lowest BCUT2D eigenvalue weighted by Gasteiger charge is -2.12. The summed E-state index contributed by atoms with van der Waals surface area (Å²) in [5.74, 6) is 0.821. The van der Waals surface area contributed by atoms with E-state index in [4.69, 9.17) is 4.74 Å². The monoisotopic (exact) mass is 232 g/mol. The van der Waals surface area contributed by atoms with Crippen LogP contribution in [0.3, 0.4) is 0 Å². The van der Waals surface area contributed by atoms with Crippen molar-refractivity contribution >= 4 is 23.7 Å². The van der Waals surface area contributed by atoms with Gasteiger partial charge in [-0.2, -0.15) is 0 Å². The van der Waals surface area contributed by atoms with Crippen LogP contribution in [0.25, 0.3) is 0 Å². The van der Waals surface area contributed by atoms with Crippen LogP contribution >= 0.6 is 11.8 Å². The lowest BCUT2D eigenvalue weighted by atomic mass is 10.0. The van der Waals surface area contributed by atoms with Gasteiger partial charge in [-0.25, -0.2) is 4.79 Å². The van der Waals surface area contributed by atoms with Crippen LogP contribution in [0, 0.1) is 5.92 Å². The number of ether oxygens (including phenoxy) is 2. The molecule has 0 radical (unpaired) electrons. The Labute approximate surface area is 93.7 Å². The van der Waals surface area contributed by atoms with Crippen molar-refractivity contribution < 1.29 is 19.1 Å². The van der Waals surface area contributed by atoms with Crippen molar-refractivity contribution in [2.45, 2.75) is 32.1 Å². The smallest absolute Gasteiger partial charge is 0.435 e. The molecule has 0 bridgehead atoms. The second-order valence-electron chi connectivity index (χ2n) is 3.69. The highest BCUT2D eigenvalue weighted by molar-refractivity contribution is 8.01. The van der Waals surface area contributed by atoms with Gasteiger partial charge in [0.2, 0.25) is 0 Å². The van der Waals surface area contributed by atoms with Crippen LogP contribution in [-0.2, 0) is 14.3 Å². The maximum absolute atomic E-state index is 11.7. The minimum atomic E-state index is -0.749. The minimum absolute atomic E-state index is 0.00283. The van der Waals surface area contributed by atoms with Crippen molar-refractivity contribution in [2.24, 2.45) is 5.92 Å². The molecule has 0 spiro atoms. The van der Waals surface area contributed by atoms with Crippen LogP contribution in [-0.4, -0.2) is 35.7 Å². The Hall–Kier alpha value is -0.710. The topological polar surface area (TPSA) is 52.6 Å². The summed E-state index contributed by atoms with van der Waals surface area (Å²) in [6.45, 7) is 5.94. The molecule has 0 aliphatic carbocycles. The van der Waals surface area contributed by atoms with E-state index in [0.717, 1.165) is 0 Å². The zero-order valence-electron chi connectivity index (χ0n) is 9.19. The van der Waals surface area contributed by atoms with Gasteiger partial charge in [0, 0.05) is 5.75 Å². The fourth-order valence-electron chi connectivity index (χ4n) is 1.42. The van der Waals surface area contributed by atoms with E-state index in [1.54, 1.807) is 18.7 Å². The van der Waals surface area contributed by atoms with Crippen LogP contribution < -0.4 is 0 Å². The molecule has 0 amide bonds. The maximum Gasteiger partial charge on any atom is 0.509 e. The summed E-state index contributed by atoms with van der Waals surface area (Å²) in [5.41, 5.74) is 0. The average Bonchev–Trinajstić information content (AvgIpc) is 2.48. The van der Waals surface area contributed by atoms with Crippen molar-refractivity contribution in [2.75, 3.05) is 12.4 Å². The van der Waals surface area contributed by atoms with Crippen molar-refractivity contribution in [3.8, 4) is 0 Å². The first-order valence-electron chi connectivity index (χ1n) is 5.05. The number of rotatable bonds is 3. The number of thioether (sulfide) groups is 1. The molecule has 1 saturated heterocycles. The third-order valence-corrected chi connectivity index (χ3v) is 3.76. The van der Waals surface area contributed by atoms with Gasteiger partial charge in [0.1, 0.15) is 0 Å². The Morgan fingerprint density at radius 2 is 2.27 bits per heavy atom. The molecule has 1 aliphatic heterocycles. The molecule has 15 heavy (non-hydrogen) atoms. The summed E-state index contributed by atoms with van der Waals surface area (Å²) in [6, 6.07) is 0. The van der Waals surface area contributed by atoms with Crippen molar-refractivity contribution in [1.82, 2.24) is 0 Å². The predicted molar refractivity (Wildman–Crippen MR) is 58.0 cm³/mol. The minimum Gasteiger partial charge on any atom is -0.435 e. The average molecular weight is 232 g/mol. The molecule has 2 unspecified atom stereocenters. The predicted octanol–water partition coefficient (Wildman–Crippen LogP) is 1.87. The van der Waals surface area contributed by atoms with E-state index < -0.39 is 12.3 Å². The molecule has 0 N–H and O–H groups in total. The van der Waals surface area contributed by atoms with E-state index in [2.05, 4.69) is 4.74 Å². The number of carbonyl (C=O) groups excluding carboxylic acids is 2. The molecule has 0 saturated carbocycles. The fraction of sp³-hybridized carbons (Fsp3) is 0.800. The number of Topliss-reactive ketones (excluding diaryl/α,β-unsaturated/α-hetero) is 1. The van der Waals surface area contributed by atoms with Gasteiger partial charge in [0.15, 0.2) is 11.9 Å². The molecular formula is C10H16O4S. The third-order valence-electron chi connectivity index (χ3n) is 2.13. The van der Waals surface area contributed by atoms with Crippen LogP contribution in [0.2, 0.25) is 0 Å². The standard InChI is InChI=1S/C10H16O4S/c1-4-13-10(12)14-7-5-15-9(6(2)3)8(7)11/h6-7,9H,4-5H2,1-3H3. The van der Waals surface area contributed by atoms with Gasteiger partial charge in [-0.3, -0.25) is 4.79 Å². The SMILES string of the molecule is CCOC(=O)OC1CSC(C(C)C)C1=O. The maximum atomic E-state index is 11.7. The lowest BCUT2D eigenvalue weighted by Crippen LogP contribution is -2.31. The van der Waals surface area contributed by atoms with Gasteiger partial charge >= 0.3 is 6.16 Å². The molecule has 0 aromatic rings. The molecule has 0 aromatic heterocycles. The number of hydrogen-bond donors (Lipinski definition) is 0. The molecule has 1 heterocycles. The van der Waals surface area contributed by atoms with E-state index in [9.17, 15) is 9.59 Å². The molecule has 1 fully saturated rings. The van der Waals surface area contributed by atoms with Gasteiger partial charge in [-0.15, -0.1) is 11.8 Å². The Kier molecular flexibility index (Phi) is 4.45. The number of ketones is 1. The van der Waals surface area contributed by atoms with Crippen molar-refractivity contribution in [3.63, 3.8) is 0 Å². The Bertz CT molecular complexity index is 252. The van der Waals surface area contributed by atoms with E-state index in [-0.39, 0.29) is 23.6 Å². The van der Waals surface area contributed by atoms with Crippen LogP contribution in [0.4, 0.5) is 4.79 Å². The van der Waals surface area contributed by atoms with Crippen LogP contribution in [0.1, 0.15) is 20.8 Å². The molecule has 2 atom stereocenters. The lowest BCUT2D eigenvalue weighted by molar-refractivity contribution is -0.126. The summed E-state index contributed by atoms with van der Waals surface area (Å²) in [5, 5.41) is -0.0515. The Morgan fingerprint density at radius 1 is 1.60 bits per heavy atom. The van der Waals surface area contributed by atoms with E-state index in [1.165, 1.54) is 0 Å². The van der Waals surface area contributed by atoms with Gasteiger partial charge in [-0.05, 0) is 12.8 Å². The molecule has 0 aromatic carbocycles. The zero-order chi connectivity index (χ0) is 11.4. The molecule has 5 heteroatoms. The Balaban J connectivity index is 2.46. The first-order chi connectivity index (χ1) is 7.06. The summed E-state index contributed by atoms with van der Waals surface area (Å²) in [6.07, 6.45) is -1.37. The second kappa shape index (κ2) is 5.39. The molecular weight excluding hydrogens is 216 g/mol. The second-order valence-corrected chi connectivity index (χ2v) is 4.86.